The van der Waals surface area contributed by atoms with Crippen LogP contribution in [0.1, 0.15) is 21.7 Å². The van der Waals surface area contributed by atoms with Crippen LogP contribution in [0.2, 0.25) is 0 Å². The summed E-state index contributed by atoms with van der Waals surface area (Å²) in [4.78, 5) is 29.5. The minimum Gasteiger partial charge on any atom is -0.478 e. The van der Waals surface area contributed by atoms with Gasteiger partial charge in [-0.15, -0.1) is 0 Å². The maximum atomic E-state index is 11.7. The Labute approximate surface area is 115 Å². The summed E-state index contributed by atoms with van der Waals surface area (Å²) in [6, 6.07) is 4.28. The molecule has 0 aliphatic heterocycles. The van der Waals surface area contributed by atoms with Gasteiger partial charge >= 0.3 is 12.0 Å². The molecule has 1 aromatic heterocycles. The smallest absolute Gasteiger partial charge is 0.336 e. The van der Waals surface area contributed by atoms with Crippen molar-refractivity contribution in [2.45, 2.75) is 13.5 Å². The fourth-order valence-electron chi connectivity index (χ4n) is 1.66. The van der Waals surface area contributed by atoms with Gasteiger partial charge in [-0.3, -0.25) is 0 Å². The molecule has 0 bridgehead atoms. The van der Waals surface area contributed by atoms with Crippen LogP contribution in [0.3, 0.4) is 0 Å². The number of benzene rings is 1. The van der Waals surface area contributed by atoms with E-state index in [1.54, 1.807) is 31.5 Å². The van der Waals surface area contributed by atoms with Gasteiger partial charge in [-0.1, -0.05) is 6.07 Å². The van der Waals surface area contributed by atoms with E-state index in [-0.39, 0.29) is 12.1 Å². The lowest BCUT2D eigenvalue weighted by atomic mass is 10.1. The third-order valence-corrected chi connectivity index (χ3v) is 2.70. The summed E-state index contributed by atoms with van der Waals surface area (Å²) in [5, 5.41) is 14.2. The number of aryl methyl sites for hydroxylation is 1. The number of rotatable bonds is 4. The second-order valence-electron chi connectivity index (χ2n) is 4.18. The Balaban J connectivity index is 1.97. The highest BCUT2D eigenvalue weighted by atomic mass is 16.4. The number of hydrogen-bond donors (Lipinski definition) is 4. The number of anilines is 1. The number of imidazole rings is 1. The van der Waals surface area contributed by atoms with Crippen LogP contribution in [0.5, 0.6) is 0 Å². The Kier molecular flexibility index (Phi) is 3.99. The first kappa shape index (κ1) is 13.6. The van der Waals surface area contributed by atoms with Crippen molar-refractivity contribution in [3.05, 3.63) is 47.5 Å². The molecule has 0 saturated carbocycles. The first-order valence-electron chi connectivity index (χ1n) is 5.93. The first-order valence-corrected chi connectivity index (χ1v) is 5.93. The van der Waals surface area contributed by atoms with Gasteiger partial charge < -0.3 is 20.7 Å². The highest BCUT2D eigenvalue weighted by Gasteiger charge is 2.09. The van der Waals surface area contributed by atoms with Crippen molar-refractivity contribution < 1.29 is 14.7 Å². The lowest BCUT2D eigenvalue weighted by Crippen LogP contribution is -2.28. The van der Waals surface area contributed by atoms with Gasteiger partial charge in [-0.05, 0) is 24.6 Å². The molecule has 1 aromatic carbocycles. The second kappa shape index (κ2) is 5.87. The minimum absolute atomic E-state index is 0.161. The highest BCUT2D eigenvalue weighted by molar-refractivity contribution is 5.94. The van der Waals surface area contributed by atoms with Crippen molar-refractivity contribution in [2.75, 3.05) is 5.32 Å². The Hall–Kier alpha value is -2.83. The molecule has 0 radical (unpaired) electrons. The molecule has 0 saturated heterocycles. The highest BCUT2D eigenvalue weighted by Crippen LogP contribution is 2.15. The van der Waals surface area contributed by atoms with Gasteiger partial charge in [0.1, 0.15) is 5.82 Å². The molecule has 2 rings (SSSR count). The minimum atomic E-state index is -1.03. The van der Waals surface area contributed by atoms with E-state index in [2.05, 4.69) is 20.6 Å². The summed E-state index contributed by atoms with van der Waals surface area (Å²) < 4.78 is 0. The summed E-state index contributed by atoms with van der Waals surface area (Å²) in [6.45, 7) is 1.96. The molecule has 20 heavy (non-hydrogen) atoms. The molecular weight excluding hydrogens is 260 g/mol. The van der Waals surface area contributed by atoms with Crippen LogP contribution in [-0.2, 0) is 6.54 Å². The zero-order valence-electron chi connectivity index (χ0n) is 10.8. The molecule has 0 unspecified atom stereocenters. The average Bonchev–Trinajstić information content (AvgIpc) is 2.91. The largest absolute Gasteiger partial charge is 0.478 e. The van der Waals surface area contributed by atoms with E-state index in [0.717, 1.165) is 0 Å². The zero-order chi connectivity index (χ0) is 14.5. The van der Waals surface area contributed by atoms with Crippen LogP contribution in [0.4, 0.5) is 10.5 Å². The van der Waals surface area contributed by atoms with E-state index >= 15 is 0 Å². The number of carbonyl (C=O) groups is 2. The molecule has 0 aliphatic carbocycles. The Morgan fingerprint density at radius 3 is 2.85 bits per heavy atom. The third kappa shape index (κ3) is 3.35. The summed E-state index contributed by atoms with van der Waals surface area (Å²) in [6.07, 6.45) is 3.25. The van der Waals surface area contributed by atoms with E-state index in [0.29, 0.717) is 17.1 Å². The van der Waals surface area contributed by atoms with Crippen LogP contribution < -0.4 is 10.6 Å². The number of carbonyl (C=O) groups excluding carboxylic acids is 1. The molecule has 0 spiro atoms. The number of carboxylic acids is 1. The van der Waals surface area contributed by atoms with Gasteiger partial charge in [0, 0.05) is 18.1 Å². The summed E-state index contributed by atoms with van der Waals surface area (Å²) in [5.41, 5.74) is 1.22. The summed E-state index contributed by atoms with van der Waals surface area (Å²) in [7, 11) is 0. The van der Waals surface area contributed by atoms with Crippen LogP contribution >= 0.6 is 0 Å². The van der Waals surface area contributed by atoms with Crippen molar-refractivity contribution >= 4 is 17.7 Å². The number of aromatic nitrogens is 2. The first-order chi connectivity index (χ1) is 9.56. The SMILES string of the molecule is Cc1ccc(NC(=O)NCc2ncc[nH]2)cc1C(=O)O. The monoisotopic (exact) mass is 274 g/mol. The van der Waals surface area contributed by atoms with E-state index in [4.69, 9.17) is 5.11 Å². The van der Waals surface area contributed by atoms with Crippen LogP contribution in [-0.4, -0.2) is 27.1 Å². The van der Waals surface area contributed by atoms with E-state index in [1.165, 1.54) is 6.07 Å². The van der Waals surface area contributed by atoms with Crippen molar-refractivity contribution in [1.82, 2.24) is 15.3 Å². The van der Waals surface area contributed by atoms with E-state index in [9.17, 15) is 9.59 Å². The van der Waals surface area contributed by atoms with E-state index < -0.39 is 12.0 Å². The number of urea groups is 1. The van der Waals surface area contributed by atoms with Crippen LogP contribution in [0.15, 0.2) is 30.6 Å². The number of aromatic amines is 1. The standard InChI is InChI=1S/C13H14N4O3/c1-8-2-3-9(6-10(8)12(18)19)17-13(20)16-7-11-14-4-5-15-11/h2-6H,7H2,1H3,(H,14,15)(H,18,19)(H2,16,17,20). The van der Waals surface area contributed by atoms with Crippen molar-refractivity contribution in [3.63, 3.8) is 0 Å². The lowest BCUT2D eigenvalue weighted by molar-refractivity contribution is 0.0696. The van der Waals surface area contributed by atoms with Gasteiger partial charge in [0.05, 0.1) is 12.1 Å². The molecule has 0 aliphatic rings. The molecule has 7 heteroatoms. The topological polar surface area (TPSA) is 107 Å². The molecule has 1 heterocycles. The van der Waals surface area contributed by atoms with E-state index in [1.807, 2.05) is 0 Å². The summed E-state index contributed by atoms with van der Waals surface area (Å²) >= 11 is 0. The Morgan fingerprint density at radius 1 is 1.40 bits per heavy atom. The van der Waals surface area contributed by atoms with Gasteiger partial charge in [0.2, 0.25) is 0 Å². The molecule has 4 N–H and O–H groups in total. The number of carboxylic acid groups (broad SMARTS) is 1. The second-order valence-corrected chi connectivity index (χ2v) is 4.18. The van der Waals surface area contributed by atoms with Crippen molar-refractivity contribution in [2.24, 2.45) is 0 Å². The number of hydrogen-bond acceptors (Lipinski definition) is 3. The van der Waals surface area contributed by atoms with Crippen LogP contribution in [0.25, 0.3) is 0 Å². The maximum absolute atomic E-state index is 11.7. The predicted octanol–water partition coefficient (Wildman–Crippen LogP) is 1.74. The molecular formula is C13H14N4O3. The normalized spacial score (nSPS) is 10.1. The molecule has 104 valence electrons. The molecule has 2 aromatic rings. The van der Waals surface area contributed by atoms with Crippen LogP contribution in [0, 0.1) is 6.92 Å². The van der Waals surface area contributed by atoms with Gasteiger partial charge in [0.25, 0.3) is 0 Å². The number of H-pyrrole nitrogens is 1. The lowest BCUT2D eigenvalue weighted by Gasteiger charge is -2.08. The third-order valence-electron chi connectivity index (χ3n) is 2.70. The number of nitrogens with zero attached hydrogens (tertiary/aromatic N) is 1. The number of nitrogens with one attached hydrogen (secondary N) is 3. The Morgan fingerprint density at radius 2 is 2.20 bits per heavy atom. The summed E-state index contributed by atoms with van der Waals surface area (Å²) in [5.74, 6) is -0.391. The van der Waals surface area contributed by atoms with Crippen molar-refractivity contribution in [1.29, 1.82) is 0 Å². The van der Waals surface area contributed by atoms with Gasteiger partial charge in [-0.25, -0.2) is 14.6 Å². The zero-order valence-corrected chi connectivity index (χ0v) is 10.8. The molecule has 7 nitrogen and oxygen atoms in total. The number of aromatic carboxylic acids is 1. The molecule has 0 fully saturated rings. The number of amides is 2. The van der Waals surface area contributed by atoms with Gasteiger partial charge in [-0.2, -0.15) is 0 Å². The fourth-order valence-corrected chi connectivity index (χ4v) is 1.66. The average molecular weight is 274 g/mol. The molecule has 2 amide bonds. The maximum Gasteiger partial charge on any atom is 0.336 e. The molecule has 0 atom stereocenters. The van der Waals surface area contributed by atoms with Gasteiger partial charge in [0.15, 0.2) is 0 Å². The fraction of sp³-hybridized carbons (Fsp3) is 0.154. The quantitative estimate of drug-likeness (QED) is 0.681. The Bertz CT molecular complexity index is 623. The van der Waals surface area contributed by atoms with Crippen molar-refractivity contribution in [3.8, 4) is 0 Å². The predicted molar refractivity (Wildman–Crippen MR) is 72.6 cm³/mol.